The third-order valence-corrected chi connectivity index (χ3v) is 2.08. The van der Waals surface area contributed by atoms with Gasteiger partial charge in [0, 0.05) is 12.5 Å². The number of hydrogen-bond donors (Lipinski definition) is 3. The summed E-state index contributed by atoms with van der Waals surface area (Å²) in [5.41, 5.74) is -0.485. The van der Waals surface area contributed by atoms with E-state index in [4.69, 9.17) is 10.2 Å². The Bertz CT molecular complexity index is 397. The van der Waals surface area contributed by atoms with Crippen LogP contribution in [0, 0.1) is 5.92 Å². The summed E-state index contributed by atoms with van der Waals surface area (Å²) >= 11 is 0. The predicted molar refractivity (Wildman–Crippen MR) is 49.2 cm³/mol. The second-order valence-corrected chi connectivity index (χ2v) is 3.24. The Labute approximate surface area is 89.7 Å². The highest BCUT2D eigenvalue weighted by Gasteiger charge is 2.32. The van der Waals surface area contributed by atoms with Crippen molar-refractivity contribution in [3.05, 3.63) is 11.8 Å². The molecule has 0 aromatic rings. The number of hydrogen-bond acceptors (Lipinski definition) is 4. The van der Waals surface area contributed by atoms with Crippen LogP contribution in [-0.2, 0) is 19.2 Å². The van der Waals surface area contributed by atoms with Crippen LogP contribution >= 0.6 is 0 Å². The van der Waals surface area contributed by atoms with Crippen LogP contribution in [0.25, 0.3) is 0 Å². The highest BCUT2D eigenvalue weighted by molar-refractivity contribution is 6.14. The van der Waals surface area contributed by atoms with Gasteiger partial charge >= 0.3 is 11.9 Å². The first-order chi connectivity index (χ1) is 7.41. The van der Waals surface area contributed by atoms with Gasteiger partial charge in [-0.3, -0.25) is 14.4 Å². The first-order valence-corrected chi connectivity index (χ1v) is 4.43. The van der Waals surface area contributed by atoms with Crippen LogP contribution in [0.4, 0.5) is 0 Å². The second kappa shape index (κ2) is 4.56. The number of amides is 1. The minimum Gasteiger partial charge on any atom is -0.481 e. The van der Waals surface area contributed by atoms with Crippen molar-refractivity contribution in [1.29, 1.82) is 0 Å². The first kappa shape index (κ1) is 11.9. The number of nitrogens with one attached hydrogen (secondary N) is 1. The molecule has 0 saturated carbocycles. The fourth-order valence-electron chi connectivity index (χ4n) is 1.28. The summed E-state index contributed by atoms with van der Waals surface area (Å²) in [5, 5.41) is 19.0. The summed E-state index contributed by atoms with van der Waals surface area (Å²) < 4.78 is 0. The molecule has 0 saturated heterocycles. The Balaban J connectivity index is 2.76. The molecule has 0 fully saturated rings. The standard InChI is InChI=1S/C9H9NO6/c11-6-3-5(9(15)16)10-8(14)4(6)1-2-7(12)13/h3-4H,1-2H2,(H,10,14)(H,12,13)(H,15,16). The Hall–Kier alpha value is -2.18. The quantitative estimate of drug-likeness (QED) is 0.537. The average Bonchev–Trinajstić information content (AvgIpc) is 2.15. The van der Waals surface area contributed by atoms with E-state index < -0.39 is 35.2 Å². The lowest BCUT2D eigenvalue weighted by molar-refractivity contribution is -0.140. The van der Waals surface area contributed by atoms with E-state index in [1.165, 1.54) is 0 Å². The molecule has 0 aromatic heterocycles. The number of aliphatic carboxylic acids is 2. The molecule has 1 amide bonds. The number of carboxylic acids is 2. The van der Waals surface area contributed by atoms with E-state index in [2.05, 4.69) is 0 Å². The van der Waals surface area contributed by atoms with Crippen LogP contribution in [0.2, 0.25) is 0 Å². The summed E-state index contributed by atoms with van der Waals surface area (Å²) in [4.78, 5) is 43.4. The molecule has 1 aliphatic heterocycles. The Morgan fingerprint density at radius 1 is 1.31 bits per heavy atom. The molecule has 1 rings (SSSR count). The van der Waals surface area contributed by atoms with E-state index in [0.717, 1.165) is 6.08 Å². The van der Waals surface area contributed by atoms with E-state index in [1.807, 2.05) is 5.32 Å². The highest BCUT2D eigenvalue weighted by atomic mass is 16.4. The molecule has 0 bridgehead atoms. The summed E-state index contributed by atoms with van der Waals surface area (Å²) in [7, 11) is 0. The zero-order valence-electron chi connectivity index (χ0n) is 8.10. The van der Waals surface area contributed by atoms with E-state index in [0.29, 0.717) is 0 Å². The molecule has 16 heavy (non-hydrogen) atoms. The van der Waals surface area contributed by atoms with Crippen molar-refractivity contribution in [2.75, 3.05) is 0 Å². The number of carbonyl (C=O) groups excluding carboxylic acids is 2. The largest absolute Gasteiger partial charge is 0.481 e. The van der Waals surface area contributed by atoms with Crippen molar-refractivity contribution in [3.8, 4) is 0 Å². The fraction of sp³-hybridized carbons (Fsp3) is 0.333. The Morgan fingerprint density at radius 2 is 1.94 bits per heavy atom. The monoisotopic (exact) mass is 227 g/mol. The molecule has 0 radical (unpaired) electrons. The fourth-order valence-corrected chi connectivity index (χ4v) is 1.28. The van der Waals surface area contributed by atoms with E-state index in [-0.39, 0.29) is 12.8 Å². The zero-order valence-corrected chi connectivity index (χ0v) is 8.10. The van der Waals surface area contributed by atoms with Gasteiger partial charge in [-0.15, -0.1) is 0 Å². The second-order valence-electron chi connectivity index (χ2n) is 3.24. The number of carboxylic acid groups (broad SMARTS) is 2. The molecule has 1 aliphatic rings. The maximum Gasteiger partial charge on any atom is 0.352 e. The molecular weight excluding hydrogens is 218 g/mol. The van der Waals surface area contributed by atoms with Gasteiger partial charge in [0.2, 0.25) is 5.91 Å². The van der Waals surface area contributed by atoms with Gasteiger partial charge in [0.1, 0.15) is 11.6 Å². The van der Waals surface area contributed by atoms with E-state index in [9.17, 15) is 19.2 Å². The molecule has 1 atom stereocenters. The summed E-state index contributed by atoms with van der Waals surface area (Å²) in [6.45, 7) is 0. The zero-order chi connectivity index (χ0) is 12.3. The van der Waals surface area contributed by atoms with Crippen LogP contribution < -0.4 is 5.32 Å². The molecule has 3 N–H and O–H groups in total. The van der Waals surface area contributed by atoms with Gasteiger partial charge in [-0.1, -0.05) is 0 Å². The third kappa shape index (κ3) is 2.66. The van der Waals surface area contributed by atoms with Crippen LogP contribution in [-0.4, -0.2) is 33.8 Å². The number of carbonyl (C=O) groups is 4. The average molecular weight is 227 g/mol. The molecule has 0 spiro atoms. The first-order valence-electron chi connectivity index (χ1n) is 4.43. The molecule has 7 heteroatoms. The normalized spacial score (nSPS) is 20.0. The maximum absolute atomic E-state index is 11.3. The SMILES string of the molecule is O=C(O)CCC1C(=O)C=C(C(=O)O)NC1=O. The van der Waals surface area contributed by atoms with Crippen molar-refractivity contribution in [3.63, 3.8) is 0 Å². The summed E-state index contributed by atoms with van der Waals surface area (Å²) in [5.74, 6) is -5.08. The molecule has 0 aliphatic carbocycles. The van der Waals surface area contributed by atoms with Crippen molar-refractivity contribution in [2.24, 2.45) is 5.92 Å². The maximum atomic E-state index is 11.3. The predicted octanol–water partition coefficient (Wildman–Crippen LogP) is -0.865. The van der Waals surface area contributed by atoms with Gasteiger partial charge < -0.3 is 15.5 Å². The molecular formula is C9H9NO6. The summed E-state index contributed by atoms with van der Waals surface area (Å²) in [6, 6.07) is 0. The molecule has 1 unspecified atom stereocenters. The van der Waals surface area contributed by atoms with Crippen molar-refractivity contribution >= 4 is 23.6 Å². The van der Waals surface area contributed by atoms with Crippen molar-refractivity contribution < 1.29 is 29.4 Å². The summed E-state index contributed by atoms with van der Waals surface area (Å²) in [6.07, 6.45) is 0.347. The number of ketones is 1. The topological polar surface area (TPSA) is 121 Å². The Kier molecular flexibility index (Phi) is 3.39. The minimum atomic E-state index is -1.40. The van der Waals surface area contributed by atoms with Gasteiger partial charge in [-0.05, 0) is 6.42 Å². The molecule has 1 heterocycles. The molecule has 0 aromatic carbocycles. The van der Waals surface area contributed by atoms with Crippen LogP contribution in [0.15, 0.2) is 11.8 Å². The highest BCUT2D eigenvalue weighted by Crippen LogP contribution is 2.15. The van der Waals surface area contributed by atoms with Gasteiger partial charge in [0.15, 0.2) is 5.78 Å². The van der Waals surface area contributed by atoms with Crippen LogP contribution in [0.5, 0.6) is 0 Å². The van der Waals surface area contributed by atoms with E-state index in [1.54, 1.807) is 0 Å². The molecule has 7 nitrogen and oxygen atoms in total. The van der Waals surface area contributed by atoms with Gasteiger partial charge in [-0.25, -0.2) is 4.79 Å². The van der Waals surface area contributed by atoms with Gasteiger partial charge in [0.25, 0.3) is 0 Å². The molecule has 86 valence electrons. The lowest BCUT2D eigenvalue weighted by atomic mass is 9.93. The van der Waals surface area contributed by atoms with Gasteiger partial charge in [-0.2, -0.15) is 0 Å². The van der Waals surface area contributed by atoms with Crippen LogP contribution in [0.3, 0.4) is 0 Å². The Morgan fingerprint density at radius 3 is 2.38 bits per heavy atom. The number of allylic oxidation sites excluding steroid dienone is 1. The van der Waals surface area contributed by atoms with Crippen molar-refractivity contribution in [1.82, 2.24) is 5.32 Å². The lowest BCUT2D eigenvalue weighted by Crippen LogP contribution is -2.41. The van der Waals surface area contributed by atoms with Crippen molar-refractivity contribution in [2.45, 2.75) is 12.8 Å². The van der Waals surface area contributed by atoms with Crippen LogP contribution in [0.1, 0.15) is 12.8 Å². The van der Waals surface area contributed by atoms with E-state index >= 15 is 0 Å². The third-order valence-electron chi connectivity index (χ3n) is 2.08. The minimum absolute atomic E-state index is 0.136. The number of rotatable bonds is 4. The lowest BCUT2D eigenvalue weighted by Gasteiger charge is -2.18. The smallest absolute Gasteiger partial charge is 0.352 e. The van der Waals surface area contributed by atoms with Gasteiger partial charge in [0.05, 0.1) is 0 Å².